The van der Waals surface area contributed by atoms with Crippen LogP contribution in [0.5, 0.6) is 0 Å². The first-order chi connectivity index (χ1) is 25.8. The summed E-state index contributed by atoms with van der Waals surface area (Å²) in [6.07, 6.45) is 5.18. The Balaban J connectivity index is 1.31. The summed E-state index contributed by atoms with van der Waals surface area (Å²) in [5, 5.41) is 0. The normalized spacial score (nSPS) is 16.0. The highest BCUT2D eigenvalue weighted by atomic mass is 16.5. The van der Waals surface area contributed by atoms with Crippen molar-refractivity contribution in [3.05, 3.63) is 154 Å². The van der Waals surface area contributed by atoms with Crippen LogP contribution in [0.2, 0.25) is 0 Å². The molecule has 0 fully saturated rings. The van der Waals surface area contributed by atoms with E-state index in [-0.39, 0.29) is 41.7 Å². The van der Waals surface area contributed by atoms with Crippen molar-refractivity contribution in [2.75, 3.05) is 26.8 Å². The molecule has 0 atom stereocenters. The lowest BCUT2D eigenvalue weighted by Crippen LogP contribution is -2.26. The highest BCUT2D eigenvalue weighted by molar-refractivity contribution is 6.24. The van der Waals surface area contributed by atoms with Crippen molar-refractivity contribution >= 4 is 47.3 Å². The second kappa shape index (κ2) is 16.4. The van der Waals surface area contributed by atoms with Crippen LogP contribution in [0.3, 0.4) is 0 Å². The molecular formula is C45H42N2O6. The summed E-state index contributed by atoms with van der Waals surface area (Å²) in [5.41, 5.74) is 7.12. The maximum absolute atomic E-state index is 13.9. The van der Waals surface area contributed by atoms with E-state index in [1.807, 2.05) is 109 Å². The Morgan fingerprint density at radius 2 is 1.00 bits per heavy atom. The maximum Gasteiger partial charge on any atom is 0.341 e. The molecule has 2 aliphatic rings. The van der Waals surface area contributed by atoms with Gasteiger partial charge in [-0.1, -0.05) is 123 Å². The number of likely N-dealkylation sites (N-methyl/N-ethyl adjacent to an activating group) is 1. The van der Waals surface area contributed by atoms with Gasteiger partial charge in [-0.15, -0.1) is 0 Å². The number of amides is 2. The third-order valence-corrected chi connectivity index (χ3v) is 9.19. The summed E-state index contributed by atoms with van der Waals surface area (Å²) in [7, 11) is 1.66. The molecule has 2 aliphatic heterocycles. The fraction of sp³-hybridized carbons (Fsp3) is 0.200. The number of carbonyl (C=O) groups is 4. The van der Waals surface area contributed by atoms with E-state index in [1.165, 1.54) is 4.90 Å². The van der Waals surface area contributed by atoms with Crippen molar-refractivity contribution in [1.82, 2.24) is 9.80 Å². The van der Waals surface area contributed by atoms with Gasteiger partial charge in [0.05, 0.1) is 46.9 Å². The van der Waals surface area contributed by atoms with Crippen LogP contribution < -0.4 is 0 Å². The standard InChI is InChI=1S/C45H42N2O6/c1-5-8-27-47-41(35-17-13-10-14-18-35)39(45(51)53-7-3)37(43(47)49)29-31-21-25-33(26-22-31)32-23-19-30(20-24-32)28-36-38(44(50)52-6-2)40(46(4)42(36)48)34-15-11-9-12-16-34/h9-26,28-29H,5-8,27H2,1-4H3/b36-28-,37-29-. The molecule has 8 nitrogen and oxygen atoms in total. The molecule has 4 aromatic rings. The zero-order chi connectivity index (χ0) is 37.5. The number of hydrogen-bond acceptors (Lipinski definition) is 6. The molecular weight excluding hydrogens is 665 g/mol. The van der Waals surface area contributed by atoms with E-state index >= 15 is 0 Å². The van der Waals surface area contributed by atoms with Crippen LogP contribution in [0.4, 0.5) is 0 Å². The van der Waals surface area contributed by atoms with Crippen molar-refractivity contribution in [1.29, 1.82) is 0 Å². The highest BCUT2D eigenvalue weighted by Gasteiger charge is 2.40. The number of unbranched alkanes of at least 4 members (excludes halogenated alkanes) is 1. The number of carbonyl (C=O) groups excluding carboxylic acids is 4. The van der Waals surface area contributed by atoms with E-state index in [0.717, 1.165) is 46.2 Å². The molecule has 6 rings (SSSR count). The summed E-state index contributed by atoms with van der Waals surface area (Å²) in [4.78, 5) is 57.2. The Kier molecular flexibility index (Phi) is 11.3. The number of nitrogens with zero attached hydrogens (tertiary/aromatic N) is 2. The molecule has 0 saturated carbocycles. The Morgan fingerprint density at radius 3 is 1.45 bits per heavy atom. The predicted molar refractivity (Wildman–Crippen MR) is 207 cm³/mol. The van der Waals surface area contributed by atoms with Gasteiger partial charge < -0.3 is 19.3 Å². The highest BCUT2D eigenvalue weighted by Crippen LogP contribution is 2.39. The zero-order valence-electron chi connectivity index (χ0n) is 30.4. The van der Waals surface area contributed by atoms with Gasteiger partial charge in [0.1, 0.15) is 0 Å². The number of esters is 2. The lowest BCUT2D eigenvalue weighted by atomic mass is 9.98. The van der Waals surface area contributed by atoms with Gasteiger partial charge in [0.25, 0.3) is 11.8 Å². The molecule has 0 spiro atoms. The van der Waals surface area contributed by atoms with Gasteiger partial charge in [-0.2, -0.15) is 0 Å². The van der Waals surface area contributed by atoms with Crippen molar-refractivity contribution in [2.24, 2.45) is 0 Å². The first-order valence-electron chi connectivity index (χ1n) is 18.0. The Labute approximate surface area is 310 Å². The monoisotopic (exact) mass is 706 g/mol. The van der Waals surface area contributed by atoms with Crippen molar-refractivity contribution in [3.63, 3.8) is 0 Å². The zero-order valence-corrected chi connectivity index (χ0v) is 30.4. The Bertz CT molecular complexity index is 2140. The molecule has 4 aromatic carbocycles. The van der Waals surface area contributed by atoms with Crippen LogP contribution in [0.15, 0.2) is 131 Å². The lowest BCUT2D eigenvalue weighted by Gasteiger charge is -2.20. The molecule has 0 bridgehead atoms. The largest absolute Gasteiger partial charge is 0.462 e. The van der Waals surface area contributed by atoms with E-state index in [4.69, 9.17) is 9.47 Å². The lowest BCUT2D eigenvalue weighted by molar-refractivity contribution is -0.139. The smallest absolute Gasteiger partial charge is 0.341 e. The average Bonchev–Trinajstić information content (AvgIpc) is 3.60. The third-order valence-electron chi connectivity index (χ3n) is 9.19. The Morgan fingerprint density at radius 1 is 0.566 bits per heavy atom. The van der Waals surface area contributed by atoms with Gasteiger partial charge in [0.2, 0.25) is 0 Å². The summed E-state index contributed by atoms with van der Waals surface area (Å²) in [6.45, 7) is 6.43. The minimum Gasteiger partial charge on any atom is -0.462 e. The molecule has 0 saturated heterocycles. The first kappa shape index (κ1) is 36.5. The van der Waals surface area contributed by atoms with E-state index in [9.17, 15) is 19.2 Å². The fourth-order valence-electron chi connectivity index (χ4n) is 6.63. The molecule has 2 heterocycles. The van der Waals surface area contributed by atoms with Gasteiger partial charge >= 0.3 is 11.9 Å². The maximum atomic E-state index is 13.9. The van der Waals surface area contributed by atoms with Gasteiger partial charge in [-0.3, -0.25) is 9.59 Å². The average molecular weight is 707 g/mol. The SMILES string of the molecule is CCCCN1C(=O)/C(=C\c2ccc(-c3ccc(/C=C4\C(=O)N(C)C(c5ccccc5)=C4C(=O)OCC)cc3)cc2)C(C(=O)OCC)=C1c1ccccc1. The molecule has 0 aliphatic carbocycles. The quantitative estimate of drug-likeness (QED) is 0.109. The van der Waals surface area contributed by atoms with Crippen LogP contribution in [0, 0.1) is 0 Å². The minimum absolute atomic E-state index is 0.186. The number of ether oxygens (including phenoxy) is 2. The molecule has 0 aromatic heterocycles. The van der Waals surface area contributed by atoms with Crippen molar-refractivity contribution in [2.45, 2.75) is 33.6 Å². The van der Waals surface area contributed by atoms with Crippen LogP contribution in [-0.2, 0) is 28.7 Å². The number of rotatable bonds is 12. The molecule has 268 valence electrons. The molecule has 2 amide bonds. The molecule has 53 heavy (non-hydrogen) atoms. The predicted octanol–water partition coefficient (Wildman–Crippen LogP) is 8.18. The third kappa shape index (κ3) is 7.53. The second-order valence-electron chi connectivity index (χ2n) is 12.7. The second-order valence-corrected chi connectivity index (χ2v) is 12.7. The minimum atomic E-state index is -0.545. The number of benzene rings is 4. The Hall–Kier alpha value is -6.28. The van der Waals surface area contributed by atoms with Crippen molar-refractivity contribution < 1.29 is 28.7 Å². The first-order valence-corrected chi connectivity index (χ1v) is 18.0. The van der Waals surface area contributed by atoms with Crippen molar-refractivity contribution in [3.8, 4) is 11.1 Å². The van der Waals surface area contributed by atoms with E-state index in [1.54, 1.807) is 37.9 Å². The summed E-state index contributed by atoms with van der Waals surface area (Å²) in [6, 6.07) is 34.3. The topological polar surface area (TPSA) is 93.2 Å². The van der Waals surface area contributed by atoms with Crippen LogP contribution in [0.1, 0.15) is 55.9 Å². The van der Waals surface area contributed by atoms with Gasteiger partial charge in [0.15, 0.2) is 0 Å². The number of hydrogen-bond donors (Lipinski definition) is 0. The summed E-state index contributed by atoms with van der Waals surface area (Å²) in [5.74, 6) is -1.58. The molecule has 0 unspecified atom stereocenters. The fourth-order valence-corrected chi connectivity index (χ4v) is 6.63. The van der Waals surface area contributed by atoms with Gasteiger partial charge in [-0.05, 0) is 65.8 Å². The van der Waals surface area contributed by atoms with Crippen LogP contribution >= 0.6 is 0 Å². The van der Waals surface area contributed by atoms with E-state index < -0.39 is 11.9 Å². The molecule has 0 N–H and O–H groups in total. The van der Waals surface area contributed by atoms with Crippen LogP contribution in [-0.4, -0.2) is 60.4 Å². The van der Waals surface area contributed by atoms with E-state index in [0.29, 0.717) is 23.5 Å². The molecule has 8 heteroatoms. The summed E-state index contributed by atoms with van der Waals surface area (Å²) < 4.78 is 10.9. The van der Waals surface area contributed by atoms with E-state index in [2.05, 4.69) is 6.92 Å². The van der Waals surface area contributed by atoms with Gasteiger partial charge in [-0.25, -0.2) is 9.59 Å². The van der Waals surface area contributed by atoms with Gasteiger partial charge in [0, 0.05) is 13.6 Å². The molecule has 0 radical (unpaired) electrons. The van der Waals surface area contributed by atoms with Crippen LogP contribution in [0.25, 0.3) is 34.7 Å². The summed E-state index contributed by atoms with van der Waals surface area (Å²) >= 11 is 0.